The molecule has 0 fully saturated rings. The highest BCUT2D eigenvalue weighted by Gasteiger charge is 2.06. The number of allylic oxidation sites excluding steroid dienone is 1. The van der Waals surface area contributed by atoms with Crippen LogP contribution < -0.4 is 0 Å². The Hall–Kier alpha value is -2.49. The fourth-order valence-corrected chi connectivity index (χ4v) is 1.56. The summed E-state index contributed by atoms with van der Waals surface area (Å²) in [5.41, 5.74) is 0.518. The Morgan fingerprint density at radius 1 is 1.05 bits per heavy atom. The summed E-state index contributed by atoms with van der Waals surface area (Å²) in [5.74, 6) is -2.45. The number of carbonyl (C=O) groups is 1. The van der Waals surface area contributed by atoms with Crippen molar-refractivity contribution >= 4 is 11.9 Å². The van der Waals surface area contributed by atoms with Crippen LogP contribution in [-0.4, -0.2) is 10.9 Å². The van der Waals surface area contributed by atoms with E-state index in [2.05, 4.69) is 0 Å². The van der Waals surface area contributed by atoms with Crippen molar-refractivity contribution in [2.24, 2.45) is 0 Å². The first-order chi connectivity index (χ1) is 9.08. The molecule has 0 radical (unpaired) electrons. The summed E-state index contributed by atoms with van der Waals surface area (Å²) < 4.78 is 25.7. The lowest BCUT2D eigenvalue weighted by Crippen LogP contribution is -1.94. The van der Waals surface area contributed by atoms with Gasteiger partial charge in [-0.3, -0.25) is 4.79 Å². The van der Waals surface area contributed by atoms with E-state index in [1.54, 1.807) is 12.1 Å². The first-order valence-electron chi connectivity index (χ1n) is 5.53. The molecule has 0 aliphatic carbocycles. The Kier molecular flexibility index (Phi) is 3.71. The number of ketones is 1. The molecule has 0 unspecified atom stereocenters. The number of phenols is 1. The van der Waals surface area contributed by atoms with E-state index >= 15 is 0 Å². The quantitative estimate of drug-likeness (QED) is 0.676. The molecule has 2 aromatic carbocycles. The minimum atomic E-state index is -0.975. The number of carbonyl (C=O) groups excluding carboxylic acids is 1. The van der Waals surface area contributed by atoms with E-state index < -0.39 is 17.4 Å². The van der Waals surface area contributed by atoms with Crippen molar-refractivity contribution in [1.29, 1.82) is 0 Å². The van der Waals surface area contributed by atoms with E-state index in [1.165, 1.54) is 30.4 Å². The van der Waals surface area contributed by atoms with Crippen LogP contribution >= 0.6 is 0 Å². The molecule has 2 rings (SSSR count). The molecule has 19 heavy (non-hydrogen) atoms. The third-order valence-corrected chi connectivity index (χ3v) is 2.54. The molecular weight excluding hydrogens is 250 g/mol. The van der Waals surface area contributed by atoms with Crippen molar-refractivity contribution in [3.8, 4) is 5.75 Å². The van der Waals surface area contributed by atoms with Crippen LogP contribution in [-0.2, 0) is 0 Å². The van der Waals surface area contributed by atoms with Gasteiger partial charge in [0.2, 0.25) is 0 Å². The Balaban J connectivity index is 2.21. The van der Waals surface area contributed by atoms with Crippen LogP contribution in [0.4, 0.5) is 8.78 Å². The Morgan fingerprint density at radius 2 is 1.79 bits per heavy atom. The standard InChI is InChI=1S/C15H10F2O2/c16-12-7-5-10(9-13(12)17)6-8-15(19)11-3-1-2-4-14(11)18/h1-9,18H/b8-6+. The Morgan fingerprint density at radius 3 is 2.47 bits per heavy atom. The van der Waals surface area contributed by atoms with Gasteiger partial charge >= 0.3 is 0 Å². The fraction of sp³-hybridized carbons (Fsp3) is 0. The molecule has 0 bridgehead atoms. The molecule has 2 aromatic rings. The Labute approximate surface area is 108 Å². The Bertz CT molecular complexity index is 648. The molecule has 2 nitrogen and oxygen atoms in total. The van der Waals surface area contributed by atoms with Gasteiger partial charge in [-0.2, -0.15) is 0 Å². The topological polar surface area (TPSA) is 37.3 Å². The minimum absolute atomic E-state index is 0.123. The fourth-order valence-electron chi connectivity index (χ4n) is 1.56. The van der Waals surface area contributed by atoms with Crippen molar-refractivity contribution in [3.05, 3.63) is 71.3 Å². The second kappa shape index (κ2) is 5.44. The second-order valence-corrected chi connectivity index (χ2v) is 3.89. The third-order valence-electron chi connectivity index (χ3n) is 2.54. The molecule has 1 N–H and O–H groups in total. The predicted molar refractivity (Wildman–Crippen MR) is 67.8 cm³/mol. The van der Waals surface area contributed by atoms with E-state index in [-0.39, 0.29) is 11.3 Å². The summed E-state index contributed by atoms with van der Waals surface area (Å²) in [6.07, 6.45) is 2.55. The number of halogens is 2. The third kappa shape index (κ3) is 3.04. The van der Waals surface area contributed by atoms with Crippen LogP contribution in [0, 0.1) is 11.6 Å². The van der Waals surface area contributed by atoms with Crippen LogP contribution in [0.2, 0.25) is 0 Å². The largest absolute Gasteiger partial charge is 0.507 e. The summed E-state index contributed by atoms with van der Waals surface area (Å²) in [4.78, 5) is 11.8. The summed E-state index contributed by atoms with van der Waals surface area (Å²) in [7, 11) is 0. The zero-order chi connectivity index (χ0) is 13.8. The van der Waals surface area contributed by atoms with E-state index in [4.69, 9.17) is 0 Å². The molecule has 96 valence electrons. The lowest BCUT2D eigenvalue weighted by atomic mass is 10.1. The van der Waals surface area contributed by atoms with Crippen LogP contribution in [0.5, 0.6) is 5.75 Å². The number of aromatic hydroxyl groups is 1. The normalized spacial score (nSPS) is 10.8. The minimum Gasteiger partial charge on any atom is -0.507 e. The van der Waals surface area contributed by atoms with E-state index in [0.717, 1.165) is 12.1 Å². The highest BCUT2D eigenvalue weighted by atomic mass is 19.2. The zero-order valence-corrected chi connectivity index (χ0v) is 9.81. The molecule has 0 aliphatic rings. The van der Waals surface area contributed by atoms with Gasteiger partial charge < -0.3 is 5.11 Å². The van der Waals surface area contributed by atoms with Crippen LogP contribution in [0.1, 0.15) is 15.9 Å². The van der Waals surface area contributed by atoms with Gasteiger partial charge in [0.05, 0.1) is 5.56 Å². The number of rotatable bonds is 3. The number of hydrogen-bond acceptors (Lipinski definition) is 2. The molecular formula is C15H10F2O2. The molecule has 0 atom stereocenters. The number of benzene rings is 2. The van der Waals surface area contributed by atoms with Crippen molar-refractivity contribution < 1.29 is 18.7 Å². The van der Waals surface area contributed by atoms with Crippen LogP contribution in [0.15, 0.2) is 48.5 Å². The smallest absolute Gasteiger partial charge is 0.189 e. The maximum atomic E-state index is 13.0. The summed E-state index contributed by atoms with van der Waals surface area (Å²) in [6, 6.07) is 9.44. The lowest BCUT2D eigenvalue weighted by Gasteiger charge is -1.99. The summed E-state index contributed by atoms with van der Waals surface area (Å²) >= 11 is 0. The van der Waals surface area contributed by atoms with Gasteiger partial charge in [0.25, 0.3) is 0 Å². The first-order valence-corrected chi connectivity index (χ1v) is 5.53. The zero-order valence-electron chi connectivity index (χ0n) is 9.81. The van der Waals surface area contributed by atoms with Crippen molar-refractivity contribution in [1.82, 2.24) is 0 Å². The van der Waals surface area contributed by atoms with Gasteiger partial charge in [0.1, 0.15) is 5.75 Å². The highest BCUT2D eigenvalue weighted by Crippen LogP contribution is 2.17. The summed E-state index contributed by atoms with van der Waals surface area (Å²) in [6.45, 7) is 0. The van der Waals surface area contributed by atoms with Gasteiger partial charge in [-0.15, -0.1) is 0 Å². The monoisotopic (exact) mass is 260 g/mol. The van der Waals surface area contributed by atoms with Crippen molar-refractivity contribution in [3.63, 3.8) is 0 Å². The average molecular weight is 260 g/mol. The predicted octanol–water partition coefficient (Wildman–Crippen LogP) is 3.57. The van der Waals surface area contributed by atoms with E-state index in [0.29, 0.717) is 5.56 Å². The van der Waals surface area contributed by atoms with Crippen molar-refractivity contribution in [2.75, 3.05) is 0 Å². The molecule has 0 aliphatic heterocycles. The van der Waals surface area contributed by atoms with Gasteiger partial charge in [-0.05, 0) is 35.9 Å². The van der Waals surface area contributed by atoms with Crippen LogP contribution in [0.25, 0.3) is 6.08 Å². The number of para-hydroxylation sites is 1. The second-order valence-electron chi connectivity index (χ2n) is 3.89. The molecule has 0 saturated carbocycles. The molecule has 0 aromatic heterocycles. The van der Waals surface area contributed by atoms with Crippen LogP contribution in [0.3, 0.4) is 0 Å². The molecule has 0 amide bonds. The molecule has 4 heteroatoms. The van der Waals surface area contributed by atoms with Gasteiger partial charge in [-0.1, -0.05) is 24.3 Å². The van der Waals surface area contributed by atoms with Gasteiger partial charge in [-0.25, -0.2) is 8.78 Å². The van der Waals surface area contributed by atoms with E-state index in [1.807, 2.05) is 0 Å². The maximum Gasteiger partial charge on any atom is 0.189 e. The van der Waals surface area contributed by atoms with Gasteiger partial charge in [0, 0.05) is 0 Å². The number of phenolic OH excluding ortho intramolecular Hbond substituents is 1. The lowest BCUT2D eigenvalue weighted by molar-refractivity contribution is 0.104. The summed E-state index contributed by atoms with van der Waals surface area (Å²) in [5, 5.41) is 9.49. The molecule has 0 saturated heterocycles. The van der Waals surface area contributed by atoms with E-state index in [9.17, 15) is 18.7 Å². The first kappa shape index (κ1) is 13.0. The highest BCUT2D eigenvalue weighted by molar-refractivity contribution is 6.08. The maximum absolute atomic E-state index is 13.0. The SMILES string of the molecule is O=C(/C=C/c1ccc(F)c(F)c1)c1ccccc1O. The molecule has 0 heterocycles. The average Bonchev–Trinajstić information content (AvgIpc) is 2.40. The number of hydrogen-bond donors (Lipinski definition) is 1. The van der Waals surface area contributed by atoms with Gasteiger partial charge in [0.15, 0.2) is 17.4 Å². The van der Waals surface area contributed by atoms with Crippen molar-refractivity contribution in [2.45, 2.75) is 0 Å². The molecule has 0 spiro atoms.